The van der Waals surface area contributed by atoms with Crippen LogP contribution in [0.3, 0.4) is 0 Å². The van der Waals surface area contributed by atoms with Gasteiger partial charge in [-0.25, -0.2) is 0 Å². The molecule has 0 aromatic heterocycles. The van der Waals surface area contributed by atoms with Gasteiger partial charge in [-0.15, -0.1) is 0 Å². The van der Waals surface area contributed by atoms with E-state index in [1.165, 1.54) is 12.7 Å². The van der Waals surface area contributed by atoms with Crippen LogP contribution in [0.4, 0.5) is 0 Å². The minimum Gasteiger partial charge on any atom is -0.469 e. The maximum Gasteiger partial charge on any atom is 0.311 e. The molecule has 0 aromatic carbocycles. The SMILES string of the molecule is COC(=O)[C@]1(C)CCC[C@]2(C)[C@H]3C[C@@H]4C(C(C)C)=C[C@]3(CC[C@@H]21)[C@@H]1C(=O)CCC(=O)[C@H]41. The van der Waals surface area contributed by atoms with E-state index in [0.717, 1.165) is 38.5 Å². The van der Waals surface area contributed by atoms with Crippen molar-refractivity contribution in [3.05, 3.63) is 11.6 Å². The highest BCUT2D eigenvalue weighted by Crippen LogP contribution is 2.74. The predicted octanol–water partition coefficient (Wildman–Crippen LogP) is 5.15. The van der Waals surface area contributed by atoms with Gasteiger partial charge in [0.15, 0.2) is 0 Å². The van der Waals surface area contributed by atoms with Crippen molar-refractivity contribution in [1.82, 2.24) is 0 Å². The number of fused-ring (bicyclic) bond motifs is 1. The van der Waals surface area contributed by atoms with Crippen LogP contribution in [0.25, 0.3) is 0 Å². The molecule has 1 spiro atoms. The molecule has 0 aliphatic heterocycles. The van der Waals surface area contributed by atoms with Gasteiger partial charge in [-0.2, -0.15) is 0 Å². The zero-order chi connectivity index (χ0) is 22.3. The summed E-state index contributed by atoms with van der Waals surface area (Å²) in [5, 5.41) is 0. The molecule has 6 aliphatic carbocycles. The van der Waals surface area contributed by atoms with E-state index < -0.39 is 5.41 Å². The lowest BCUT2D eigenvalue weighted by Gasteiger charge is -2.70. The summed E-state index contributed by atoms with van der Waals surface area (Å²) < 4.78 is 5.30. The van der Waals surface area contributed by atoms with Crippen LogP contribution in [-0.4, -0.2) is 24.6 Å². The Hall–Kier alpha value is -1.45. The third-order valence-corrected chi connectivity index (χ3v) is 10.7. The Kier molecular flexibility index (Phi) is 4.68. The van der Waals surface area contributed by atoms with Crippen LogP contribution in [0.15, 0.2) is 11.6 Å². The Morgan fingerprint density at radius 3 is 2.45 bits per heavy atom. The number of hydrogen-bond donors (Lipinski definition) is 0. The Balaban J connectivity index is 1.65. The Bertz CT molecular complexity index is 870. The van der Waals surface area contributed by atoms with Crippen molar-refractivity contribution >= 4 is 17.5 Å². The second-order valence-corrected chi connectivity index (χ2v) is 12.1. The molecule has 0 saturated heterocycles. The first-order valence-electron chi connectivity index (χ1n) is 12.5. The first-order valence-corrected chi connectivity index (χ1v) is 12.5. The van der Waals surface area contributed by atoms with Crippen LogP contribution >= 0.6 is 0 Å². The molecule has 8 atom stereocenters. The maximum atomic E-state index is 13.4. The zero-order valence-electron chi connectivity index (χ0n) is 19.8. The Morgan fingerprint density at radius 1 is 1.06 bits per heavy atom. The molecule has 0 amide bonds. The third kappa shape index (κ3) is 2.57. The van der Waals surface area contributed by atoms with Crippen LogP contribution in [-0.2, 0) is 19.1 Å². The number of carbonyl (C=O) groups excluding carboxylic acids is 3. The number of ketones is 2. The summed E-state index contributed by atoms with van der Waals surface area (Å²) in [4.78, 5) is 39.5. The van der Waals surface area contributed by atoms with Crippen molar-refractivity contribution in [2.24, 2.45) is 51.8 Å². The second kappa shape index (κ2) is 6.78. The average molecular weight is 427 g/mol. The molecular weight excluding hydrogens is 388 g/mol. The molecule has 0 radical (unpaired) electrons. The highest BCUT2D eigenvalue weighted by atomic mass is 16.5. The molecule has 0 unspecified atom stereocenters. The van der Waals surface area contributed by atoms with Crippen molar-refractivity contribution in [2.45, 2.75) is 79.1 Å². The molecule has 4 heteroatoms. The smallest absolute Gasteiger partial charge is 0.311 e. The monoisotopic (exact) mass is 426 g/mol. The highest BCUT2D eigenvalue weighted by Gasteiger charge is 2.70. The Labute approximate surface area is 186 Å². The van der Waals surface area contributed by atoms with E-state index in [0.29, 0.717) is 36.2 Å². The van der Waals surface area contributed by atoms with E-state index in [-0.39, 0.29) is 40.5 Å². The van der Waals surface area contributed by atoms with Gasteiger partial charge in [0.2, 0.25) is 0 Å². The van der Waals surface area contributed by atoms with Gasteiger partial charge >= 0.3 is 5.97 Å². The molecule has 0 N–H and O–H groups in total. The fourth-order valence-corrected chi connectivity index (χ4v) is 9.56. The van der Waals surface area contributed by atoms with Gasteiger partial charge in [0.05, 0.1) is 12.5 Å². The molecular formula is C27H38O4. The Morgan fingerprint density at radius 2 is 1.77 bits per heavy atom. The van der Waals surface area contributed by atoms with Crippen LogP contribution in [0.1, 0.15) is 79.1 Å². The number of allylic oxidation sites excluding steroid dienone is 2. The molecule has 0 aromatic rings. The molecule has 4 nitrogen and oxygen atoms in total. The van der Waals surface area contributed by atoms with Gasteiger partial charge in [-0.1, -0.05) is 38.8 Å². The van der Waals surface area contributed by atoms with Gasteiger partial charge in [-0.05, 0) is 68.1 Å². The number of esters is 1. The third-order valence-electron chi connectivity index (χ3n) is 10.7. The van der Waals surface area contributed by atoms with E-state index in [4.69, 9.17) is 4.74 Å². The van der Waals surface area contributed by atoms with Crippen molar-refractivity contribution in [3.63, 3.8) is 0 Å². The van der Waals surface area contributed by atoms with Gasteiger partial charge in [0, 0.05) is 30.1 Å². The maximum absolute atomic E-state index is 13.4. The lowest BCUT2D eigenvalue weighted by Crippen LogP contribution is -2.67. The van der Waals surface area contributed by atoms with E-state index >= 15 is 0 Å². The van der Waals surface area contributed by atoms with E-state index in [1.54, 1.807) is 0 Å². The van der Waals surface area contributed by atoms with Gasteiger partial charge in [0.25, 0.3) is 0 Å². The molecule has 4 saturated carbocycles. The average Bonchev–Trinajstić information content (AvgIpc) is 2.74. The minimum atomic E-state index is -0.448. The molecule has 31 heavy (non-hydrogen) atoms. The fourth-order valence-electron chi connectivity index (χ4n) is 9.56. The summed E-state index contributed by atoms with van der Waals surface area (Å²) in [6.07, 6.45) is 9.25. The van der Waals surface area contributed by atoms with Crippen LogP contribution < -0.4 is 0 Å². The molecule has 6 rings (SSSR count). The van der Waals surface area contributed by atoms with Gasteiger partial charge < -0.3 is 4.74 Å². The molecule has 6 aliphatic rings. The molecule has 170 valence electrons. The first-order chi connectivity index (χ1) is 14.6. The first kappa shape index (κ1) is 21.4. The van der Waals surface area contributed by atoms with Gasteiger partial charge in [0.1, 0.15) is 11.6 Å². The lowest BCUT2D eigenvalue weighted by molar-refractivity contribution is -0.201. The number of rotatable bonds is 2. The van der Waals surface area contributed by atoms with Gasteiger partial charge in [-0.3, -0.25) is 14.4 Å². The van der Waals surface area contributed by atoms with E-state index in [9.17, 15) is 14.4 Å². The van der Waals surface area contributed by atoms with Crippen molar-refractivity contribution in [3.8, 4) is 0 Å². The number of methoxy groups -OCH3 is 1. The van der Waals surface area contributed by atoms with Crippen LogP contribution in [0, 0.1) is 51.8 Å². The summed E-state index contributed by atoms with van der Waals surface area (Å²) in [6.45, 7) is 9.00. The summed E-state index contributed by atoms with van der Waals surface area (Å²) in [6, 6.07) is 0. The number of carbonyl (C=O) groups is 3. The number of Topliss-reactive ketones (excluding diaryl/α,β-unsaturated/α-hetero) is 2. The van der Waals surface area contributed by atoms with Crippen molar-refractivity contribution in [1.29, 1.82) is 0 Å². The summed E-state index contributed by atoms with van der Waals surface area (Å²) in [5.41, 5.74) is 0.777. The second-order valence-electron chi connectivity index (χ2n) is 12.1. The minimum absolute atomic E-state index is 0.00242. The number of ether oxygens (including phenoxy) is 1. The molecule has 4 fully saturated rings. The lowest BCUT2D eigenvalue weighted by atomic mass is 9.33. The standard InChI is InChI=1S/C27H38O4/c1-15(2)17-14-27-12-9-20-25(3,10-6-11-26(20,4)24(30)31-5)21(27)13-16(17)22-18(28)7-8-19(29)23(22)27/h14-16,20-23H,6-13H2,1-5H3/t16-,20+,21-,22+,23-,25+,26-,27+/m1/s1. The van der Waals surface area contributed by atoms with Crippen molar-refractivity contribution < 1.29 is 19.1 Å². The fraction of sp³-hybridized carbons (Fsp3) is 0.815. The summed E-state index contributed by atoms with van der Waals surface area (Å²) >= 11 is 0. The summed E-state index contributed by atoms with van der Waals surface area (Å²) in [5.74, 6) is 1.61. The number of hydrogen-bond acceptors (Lipinski definition) is 4. The zero-order valence-corrected chi connectivity index (χ0v) is 19.8. The summed E-state index contributed by atoms with van der Waals surface area (Å²) in [7, 11) is 1.51. The van der Waals surface area contributed by atoms with E-state index in [1.807, 2.05) is 0 Å². The van der Waals surface area contributed by atoms with Crippen LogP contribution in [0.2, 0.25) is 0 Å². The van der Waals surface area contributed by atoms with Crippen LogP contribution in [0.5, 0.6) is 0 Å². The predicted molar refractivity (Wildman–Crippen MR) is 118 cm³/mol. The highest BCUT2D eigenvalue weighted by molar-refractivity contribution is 5.98. The quantitative estimate of drug-likeness (QED) is 0.453. The largest absolute Gasteiger partial charge is 0.469 e. The topological polar surface area (TPSA) is 60.4 Å². The normalized spacial score (nSPS) is 48.6. The molecule has 0 heterocycles. The van der Waals surface area contributed by atoms with E-state index in [2.05, 4.69) is 33.8 Å². The van der Waals surface area contributed by atoms with Crippen molar-refractivity contribution in [2.75, 3.05) is 7.11 Å². The molecule has 2 bridgehead atoms.